The van der Waals surface area contributed by atoms with E-state index in [1.807, 2.05) is 19.1 Å². The maximum absolute atomic E-state index is 13.2. The van der Waals surface area contributed by atoms with Gasteiger partial charge in [-0.2, -0.15) is 4.31 Å². The van der Waals surface area contributed by atoms with Crippen molar-refractivity contribution in [1.29, 1.82) is 0 Å². The molecule has 1 amide bonds. The van der Waals surface area contributed by atoms with E-state index < -0.39 is 15.9 Å². The van der Waals surface area contributed by atoms with Gasteiger partial charge in [0.05, 0.1) is 10.6 Å². The summed E-state index contributed by atoms with van der Waals surface area (Å²) in [4.78, 5) is 13.3. The second kappa shape index (κ2) is 6.07. The van der Waals surface area contributed by atoms with Crippen LogP contribution in [0.5, 0.6) is 0 Å². The molecule has 3 aromatic carbocycles. The van der Waals surface area contributed by atoms with Crippen LogP contribution >= 0.6 is 15.9 Å². The molecule has 1 aliphatic rings. The lowest BCUT2D eigenvalue weighted by molar-refractivity contribution is 0.100. The highest BCUT2D eigenvalue weighted by atomic mass is 79.9. The second-order valence-corrected chi connectivity index (χ2v) is 8.77. The zero-order valence-electron chi connectivity index (χ0n) is 13.8. The average Bonchev–Trinajstić information content (AvgIpc) is 2.62. The molecule has 26 heavy (non-hydrogen) atoms. The Bertz CT molecular complexity index is 1160. The Morgan fingerprint density at radius 3 is 2.46 bits per heavy atom. The molecule has 0 spiro atoms. The van der Waals surface area contributed by atoms with Crippen LogP contribution in [0.3, 0.4) is 0 Å². The molecule has 130 valence electrons. The highest BCUT2D eigenvalue weighted by Gasteiger charge is 2.39. The first-order valence-corrected chi connectivity index (χ1v) is 10.2. The average molecular weight is 428 g/mol. The summed E-state index contributed by atoms with van der Waals surface area (Å²) in [5.41, 5.74) is 3.02. The number of anilines is 1. The zero-order valence-corrected chi connectivity index (χ0v) is 16.2. The SMILES string of the molecule is Cc1ccc2c(c1)-c1ccccc1S(=O)(=O)N2C(=O)c1cccc(Br)c1. The van der Waals surface area contributed by atoms with E-state index in [1.165, 1.54) is 6.07 Å². The quantitative estimate of drug-likeness (QED) is 0.561. The van der Waals surface area contributed by atoms with Crippen molar-refractivity contribution in [3.63, 3.8) is 0 Å². The van der Waals surface area contributed by atoms with Gasteiger partial charge >= 0.3 is 0 Å². The number of fused-ring (bicyclic) bond motifs is 3. The first-order valence-electron chi connectivity index (χ1n) is 7.95. The summed E-state index contributed by atoms with van der Waals surface area (Å²) in [6, 6.07) is 18.9. The van der Waals surface area contributed by atoms with Crippen molar-refractivity contribution in [3.8, 4) is 11.1 Å². The highest BCUT2D eigenvalue weighted by Crippen LogP contribution is 2.43. The van der Waals surface area contributed by atoms with Crippen LogP contribution in [-0.4, -0.2) is 14.3 Å². The van der Waals surface area contributed by atoms with Gasteiger partial charge in [-0.25, -0.2) is 8.42 Å². The fourth-order valence-electron chi connectivity index (χ4n) is 3.14. The minimum absolute atomic E-state index is 0.140. The second-order valence-electron chi connectivity index (χ2n) is 6.10. The van der Waals surface area contributed by atoms with Gasteiger partial charge in [0.25, 0.3) is 15.9 Å². The van der Waals surface area contributed by atoms with Crippen molar-refractivity contribution >= 4 is 37.5 Å². The molecule has 4 rings (SSSR count). The number of hydrogen-bond acceptors (Lipinski definition) is 3. The van der Waals surface area contributed by atoms with Gasteiger partial charge in [-0.3, -0.25) is 4.79 Å². The van der Waals surface area contributed by atoms with E-state index in [1.54, 1.807) is 48.5 Å². The molecular formula is C20H14BrNO3S. The largest absolute Gasteiger partial charge is 0.272 e. The summed E-state index contributed by atoms with van der Waals surface area (Å²) >= 11 is 3.33. The fourth-order valence-corrected chi connectivity index (χ4v) is 5.19. The van der Waals surface area contributed by atoms with Gasteiger partial charge in [-0.15, -0.1) is 0 Å². The van der Waals surface area contributed by atoms with E-state index in [0.29, 0.717) is 21.3 Å². The molecule has 0 aromatic heterocycles. The number of rotatable bonds is 1. The normalized spacial score (nSPS) is 14.5. The maximum Gasteiger partial charge on any atom is 0.272 e. The summed E-state index contributed by atoms with van der Waals surface area (Å²) in [6.45, 7) is 1.94. The molecule has 0 radical (unpaired) electrons. The lowest BCUT2D eigenvalue weighted by atomic mass is 10.0. The maximum atomic E-state index is 13.2. The first-order chi connectivity index (χ1) is 12.4. The topological polar surface area (TPSA) is 54.5 Å². The molecule has 0 unspecified atom stereocenters. The smallest absolute Gasteiger partial charge is 0.268 e. The van der Waals surface area contributed by atoms with Crippen LogP contribution in [0.2, 0.25) is 0 Å². The Kier molecular flexibility index (Phi) is 3.97. The molecule has 6 heteroatoms. The molecule has 0 N–H and O–H groups in total. The molecule has 1 heterocycles. The van der Waals surface area contributed by atoms with Gasteiger partial charge in [0.15, 0.2) is 0 Å². The Morgan fingerprint density at radius 1 is 0.923 bits per heavy atom. The number of halogens is 1. The summed E-state index contributed by atoms with van der Waals surface area (Å²) < 4.78 is 28.1. The first kappa shape index (κ1) is 17.0. The molecule has 0 bridgehead atoms. The molecule has 0 atom stereocenters. The molecule has 3 aromatic rings. The number of carbonyl (C=O) groups excluding carboxylic acids is 1. The van der Waals surface area contributed by atoms with E-state index in [0.717, 1.165) is 15.4 Å². The van der Waals surface area contributed by atoms with Crippen LogP contribution < -0.4 is 4.31 Å². The number of hydrogen-bond donors (Lipinski definition) is 0. The fraction of sp³-hybridized carbons (Fsp3) is 0.0500. The summed E-state index contributed by atoms with van der Waals surface area (Å²) in [6.07, 6.45) is 0. The van der Waals surface area contributed by atoms with E-state index in [-0.39, 0.29) is 4.90 Å². The number of sulfonamides is 1. The van der Waals surface area contributed by atoms with Gasteiger partial charge in [-0.1, -0.05) is 51.8 Å². The third-order valence-corrected chi connectivity index (χ3v) is 6.57. The van der Waals surface area contributed by atoms with Crippen molar-refractivity contribution in [1.82, 2.24) is 0 Å². The molecule has 4 nitrogen and oxygen atoms in total. The van der Waals surface area contributed by atoms with Crippen molar-refractivity contribution < 1.29 is 13.2 Å². The third-order valence-electron chi connectivity index (χ3n) is 4.32. The van der Waals surface area contributed by atoms with Gasteiger partial charge < -0.3 is 0 Å². The van der Waals surface area contributed by atoms with Crippen LogP contribution in [0.4, 0.5) is 5.69 Å². The molecule has 0 aliphatic carbocycles. The predicted molar refractivity (Wildman–Crippen MR) is 105 cm³/mol. The van der Waals surface area contributed by atoms with E-state index in [4.69, 9.17) is 0 Å². The minimum atomic E-state index is -4.00. The molecule has 0 saturated heterocycles. The van der Waals surface area contributed by atoms with Crippen LogP contribution in [0.15, 0.2) is 76.1 Å². The predicted octanol–water partition coefficient (Wildman–Crippen LogP) is 4.77. The van der Waals surface area contributed by atoms with Gasteiger partial charge in [0.1, 0.15) is 0 Å². The highest BCUT2D eigenvalue weighted by molar-refractivity contribution is 9.10. The monoisotopic (exact) mass is 427 g/mol. The molecular weight excluding hydrogens is 414 g/mol. The lowest BCUT2D eigenvalue weighted by Crippen LogP contribution is -2.39. The van der Waals surface area contributed by atoms with E-state index in [2.05, 4.69) is 15.9 Å². The van der Waals surface area contributed by atoms with Crippen molar-refractivity contribution in [3.05, 3.63) is 82.3 Å². The van der Waals surface area contributed by atoms with Crippen molar-refractivity contribution in [2.75, 3.05) is 4.31 Å². The van der Waals surface area contributed by atoms with Crippen molar-refractivity contribution in [2.24, 2.45) is 0 Å². The Morgan fingerprint density at radius 2 is 1.69 bits per heavy atom. The number of nitrogens with zero attached hydrogens (tertiary/aromatic N) is 1. The number of amides is 1. The summed E-state index contributed by atoms with van der Waals surface area (Å²) in [7, 11) is -4.00. The number of carbonyl (C=O) groups is 1. The summed E-state index contributed by atoms with van der Waals surface area (Å²) in [5.74, 6) is -0.578. The van der Waals surface area contributed by atoms with Gasteiger partial charge in [0, 0.05) is 21.2 Å². The molecule has 0 fully saturated rings. The van der Waals surface area contributed by atoms with Gasteiger partial charge in [0.2, 0.25) is 0 Å². The Hall–Kier alpha value is -2.44. The van der Waals surface area contributed by atoms with Crippen LogP contribution in [-0.2, 0) is 10.0 Å². The number of benzene rings is 3. The Labute approximate surface area is 160 Å². The van der Waals surface area contributed by atoms with Crippen LogP contribution in [0.25, 0.3) is 11.1 Å². The van der Waals surface area contributed by atoms with E-state index >= 15 is 0 Å². The van der Waals surface area contributed by atoms with Crippen LogP contribution in [0, 0.1) is 6.92 Å². The zero-order chi connectivity index (χ0) is 18.5. The molecule has 1 aliphatic heterocycles. The van der Waals surface area contributed by atoms with Crippen molar-refractivity contribution in [2.45, 2.75) is 11.8 Å². The molecule has 0 saturated carbocycles. The van der Waals surface area contributed by atoms with Gasteiger partial charge in [-0.05, 0) is 43.3 Å². The lowest BCUT2D eigenvalue weighted by Gasteiger charge is -2.30. The van der Waals surface area contributed by atoms with E-state index in [9.17, 15) is 13.2 Å². The number of aryl methyl sites for hydroxylation is 1. The minimum Gasteiger partial charge on any atom is -0.268 e. The summed E-state index contributed by atoms with van der Waals surface area (Å²) in [5, 5.41) is 0. The third kappa shape index (κ3) is 2.57. The standard InChI is InChI=1S/C20H14BrNO3S/c1-13-9-10-18-17(11-13)16-7-2-3-8-19(16)26(24,25)22(18)20(23)14-5-4-6-15(21)12-14/h2-12H,1H3. The van der Waals surface area contributed by atoms with Crippen LogP contribution in [0.1, 0.15) is 15.9 Å². The Balaban J connectivity index is 2.00.